The van der Waals surface area contributed by atoms with Crippen molar-refractivity contribution >= 4 is 23.4 Å². The first-order valence-corrected chi connectivity index (χ1v) is 6.66. The number of nitrogens with one attached hydrogen (secondary N) is 1. The summed E-state index contributed by atoms with van der Waals surface area (Å²) in [7, 11) is 3.13. The normalized spacial score (nSPS) is 9.94. The highest BCUT2D eigenvalue weighted by Crippen LogP contribution is 2.28. The lowest BCUT2D eigenvalue weighted by atomic mass is 10.2. The first kappa shape index (κ1) is 14.7. The van der Waals surface area contributed by atoms with Gasteiger partial charge in [0.2, 0.25) is 5.91 Å². The third-order valence-corrected chi connectivity index (χ3v) is 3.17. The molecule has 0 saturated carbocycles. The van der Waals surface area contributed by atoms with Crippen molar-refractivity contribution in [1.29, 1.82) is 0 Å². The summed E-state index contributed by atoms with van der Waals surface area (Å²) in [6.45, 7) is 0.570. The number of hydrogen-bond donors (Lipinski definition) is 2. The Morgan fingerprint density at radius 3 is 2.78 bits per heavy atom. The van der Waals surface area contributed by atoms with Gasteiger partial charge in [-0.25, -0.2) is 0 Å². The van der Waals surface area contributed by atoms with E-state index < -0.39 is 0 Å². The van der Waals surface area contributed by atoms with Gasteiger partial charge in [-0.15, -0.1) is 0 Å². The highest BCUT2D eigenvalue weighted by Gasteiger charge is 2.08. The molecule has 0 aliphatic heterocycles. The van der Waals surface area contributed by atoms with Crippen LogP contribution in [0.1, 0.15) is 0 Å². The highest BCUT2D eigenvalue weighted by atomic mass is 32.2. The first-order valence-electron chi connectivity index (χ1n) is 5.51. The molecule has 5 nitrogen and oxygen atoms in total. The smallest absolute Gasteiger partial charge is 0.234 e. The Morgan fingerprint density at radius 1 is 1.39 bits per heavy atom. The number of hydrogen-bond acceptors (Lipinski definition) is 5. The van der Waals surface area contributed by atoms with Crippen molar-refractivity contribution in [3.63, 3.8) is 0 Å². The molecule has 0 atom stereocenters. The van der Waals surface area contributed by atoms with Gasteiger partial charge in [0.25, 0.3) is 0 Å². The van der Waals surface area contributed by atoms with Gasteiger partial charge in [0.05, 0.1) is 25.7 Å². The average molecular weight is 270 g/mol. The van der Waals surface area contributed by atoms with Crippen molar-refractivity contribution in [3.05, 3.63) is 18.2 Å². The number of benzene rings is 1. The molecule has 0 fully saturated rings. The summed E-state index contributed by atoms with van der Waals surface area (Å²) >= 11 is 1.49. The molecule has 100 valence electrons. The summed E-state index contributed by atoms with van der Waals surface area (Å²) in [5.41, 5.74) is 5.97. The number of nitrogens with two attached hydrogens (primary N) is 1. The van der Waals surface area contributed by atoms with Crippen LogP contribution in [0.15, 0.2) is 18.2 Å². The third-order valence-electron chi connectivity index (χ3n) is 2.18. The molecule has 0 heterocycles. The van der Waals surface area contributed by atoms with Gasteiger partial charge >= 0.3 is 0 Å². The van der Waals surface area contributed by atoms with Crippen LogP contribution in [-0.2, 0) is 4.79 Å². The summed E-state index contributed by atoms with van der Waals surface area (Å²) in [6, 6.07) is 5.25. The molecule has 0 spiro atoms. The molecule has 0 aliphatic carbocycles. The van der Waals surface area contributed by atoms with E-state index in [2.05, 4.69) is 5.32 Å². The number of thioether (sulfide) groups is 1. The molecular formula is C12H18N2O3S. The van der Waals surface area contributed by atoms with E-state index in [-0.39, 0.29) is 5.91 Å². The monoisotopic (exact) mass is 270 g/mol. The van der Waals surface area contributed by atoms with Gasteiger partial charge in [0, 0.05) is 18.4 Å². The van der Waals surface area contributed by atoms with E-state index in [1.165, 1.54) is 11.8 Å². The van der Waals surface area contributed by atoms with Crippen LogP contribution in [0.25, 0.3) is 0 Å². The molecule has 0 aromatic heterocycles. The molecule has 6 heteroatoms. The maximum absolute atomic E-state index is 11.7. The molecule has 0 bridgehead atoms. The molecule has 18 heavy (non-hydrogen) atoms. The van der Waals surface area contributed by atoms with Crippen LogP contribution in [0.2, 0.25) is 0 Å². The second-order valence-corrected chi connectivity index (χ2v) is 4.56. The van der Waals surface area contributed by atoms with Crippen LogP contribution in [-0.4, -0.2) is 38.2 Å². The second kappa shape index (κ2) is 7.84. The SMILES string of the molecule is COc1ccc(OC)c(NC(=O)CSCCN)c1. The van der Waals surface area contributed by atoms with Crippen molar-refractivity contribution in [1.82, 2.24) is 0 Å². The summed E-state index contributed by atoms with van der Waals surface area (Å²) in [5, 5.41) is 2.79. The number of carbonyl (C=O) groups excluding carboxylic acids is 1. The number of anilines is 1. The lowest BCUT2D eigenvalue weighted by Gasteiger charge is -2.11. The van der Waals surface area contributed by atoms with E-state index in [1.807, 2.05) is 0 Å². The van der Waals surface area contributed by atoms with Crippen molar-refractivity contribution in [2.45, 2.75) is 0 Å². The Labute approximate surface area is 111 Å². The van der Waals surface area contributed by atoms with E-state index in [9.17, 15) is 4.79 Å². The molecule has 0 radical (unpaired) electrons. The third kappa shape index (κ3) is 4.46. The fraction of sp³-hybridized carbons (Fsp3) is 0.417. The van der Waals surface area contributed by atoms with Gasteiger partial charge in [-0.05, 0) is 12.1 Å². The fourth-order valence-electron chi connectivity index (χ4n) is 1.35. The van der Waals surface area contributed by atoms with Gasteiger partial charge in [-0.1, -0.05) is 0 Å². The Kier molecular flexibility index (Phi) is 6.38. The predicted molar refractivity (Wildman–Crippen MR) is 74.6 cm³/mol. The predicted octanol–water partition coefficient (Wildman–Crippen LogP) is 1.33. The largest absolute Gasteiger partial charge is 0.497 e. The summed E-state index contributed by atoms with van der Waals surface area (Å²) in [6.07, 6.45) is 0. The van der Waals surface area contributed by atoms with Crippen LogP contribution in [0, 0.1) is 0 Å². The molecule has 0 aliphatic rings. The maximum atomic E-state index is 11.7. The van der Waals surface area contributed by atoms with Gasteiger partial charge in [0.1, 0.15) is 11.5 Å². The summed E-state index contributed by atoms with van der Waals surface area (Å²) in [4.78, 5) is 11.7. The minimum absolute atomic E-state index is 0.0833. The van der Waals surface area contributed by atoms with Gasteiger partial charge in [0.15, 0.2) is 0 Å². The van der Waals surface area contributed by atoms with Crippen LogP contribution in [0.5, 0.6) is 11.5 Å². The van der Waals surface area contributed by atoms with Crippen LogP contribution >= 0.6 is 11.8 Å². The summed E-state index contributed by atoms with van der Waals surface area (Å²) < 4.78 is 10.3. The number of ether oxygens (including phenoxy) is 2. The van der Waals surface area contributed by atoms with Crippen molar-refractivity contribution < 1.29 is 14.3 Å². The van der Waals surface area contributed by atoms with Gasteiger partial charge in [-0.3, -0.25) is 4.79 Å². The molecule has 1 aromatic rings. The summed E-state index contributed by atoms with van der Waals surface area (Å²) in [5.74, 6) is 2.33. The van der Waals surface area contributed by atoms with Crippen LogP contribution in [0.3, 0.4) is 0 Å². The van der Waals surface area contributed by atoms with E-state index >= 15 is 0 Å². The second-order valence-electron chi connectivity index (χ2n) is 3.46. The van der Waals surface area contributed by atoms with E-state index in [4.69, 9.17) is 15.2 Å². The molecule has 0 saturated heterocycles. The average Bonchev–Trinajstić information content (AvgIpc) is 2.39. The standard InChI is InChI=1S/C12H18N2O3S/c1-16-9-3-4-11(17-2)10(7-9)14-12(15)8-18-6-5-13/h3-4,7H,5-6,8,13H2,1-2H3,(H,14,15). The Hall–Kier alpha value is -1.40. The lowest BCUT2D eigenvalue weighted by Crippen LogP contribution is -2.16. The van der Waals surface area contributed by atoms with E-state index in [0.717, 1.165) is 5.75 Å². The van der Waals surface area contributed by atoms with E-state index in [0.29, 0.717) is 29.5 Å². The number of rotatable bonds is 7. The Morgan fingerprint density at radius 2 is 2.17 bits per heavy atom. The highest BCUT2D eigenvalue weighted by molar-refractivity contribution is 7.99. The molecular weight excluding hydrogens is 252 g/mol. The van der Waals surface area contributed by atoms with Crippen LogP contribution < -0.4 is 20.5 Å². The number of carbonyl (C=O) groups is 1. The van der Waals surface area contributed by atoms with Crippen LogP contribution in [0.4, 0.5) is 5.69 Å². The molecule has 0 unspecified atom stereocenters. The fourth-order valence-corrected chi connectivity index (χ4v) is 1.91. The van der Waals surface area contributed by atoms with Crippen molar-refractivity contribution in [2.24, 2.45) is 5.73 Å². The Bertz CT molecular complexity index is 399. The minimum atomic E-state index is -0.0833. The zero-order valence-corrected chi connectivity index (χ0v) is 11.4. The molecule has 1 rings (SSSR count). The zero-order valence-electron chi connectivity index (χ0n) is 10.6. The zero-order chi connectivity index (χ0) is 13.4. The maximum Gasteiger partial charge on any atom is 0.234 e. The minimum Gasteiger partial charge on any atom is -0.497 e. The number of amides is 1. The lowest BCUT2D eigenvalue weighted by molar-refractivity contribution is -0.113. The molecule has 1 amide bonds. The quantitative estimate of drug-likeness (QED) is 0.731. The first-order chi connectivity index (χ1) is 8.71. The topological polar surface area (TPSA) is 73.6 Å². The van der Waals surface area contributed by atoms with Crippen molar-refractivity contribution in [2.75, 3.05) is 37.6 Å². The Balaban J connectivity index is 2.66. The van der Waals surface area contributed by atoms with Gasteiger partial charge in [-0.2, -0.15) is 11.8 Å². The van der Waals surface area contributed by atoms with Gasteiger partial charge < -0.3 is 20.5 Å². The number of methoxy groups -OCH3 is 2. The van der Waals surface area contributed by atoms with E-state index in [1.54, 1.807) is 32.4 Å². The molecule has 1 aromatic carbocycles. The van der Waals surface area contributed by atoms with Crippen molar-refractivity contribution in [3.8, 4) is 11.5 Å². The molecule has 3 N–H and O–H groups in total.